The highest BCUT2D eigenvalue weighted by molar-refractivity contribution is 5.45. The van der Waals surface area contributed by atoms with Crippen LogP contribution in [0.15, 0.2) is 0 Å². The van der Waals surface area contributed by atoms with Crippen molar-refractivity contribution < 1.29 is 0 Å². The van der Waals surface area contributed by atoms with Crippen LogP contribution in [0.1, 0.15) is 49.8 Å². The fourth-order valence-electron chi connectivity index (χ4n) is 1.90. The van der Waals surface area contributed by atoms with E-state index in [0.29, 0.717) is 17.8 Å². The zero-order chi connectivity index (χ0) is 11.2. The van der Waals surface area contributed by atoms with Crippen LogP contribution in [0.4, 0.5) is 5.82 Å². The summed E-state index contributed by atoms with van der Waals surface area (Å²) >= 11 is 0. The van der Waals surface area contributed by atoms with E-state index in [1.54, 1.807) is 0 Å². The number of anilines is 1. The minimum atomic E-state index is 0.329. The highest BCUT2D eigenvalue weighted by Gasteiger charge is 2.28. The molecule has 0 fully saturated rings. The lowest BCUT2D eigenvalue weighted by molar-refractivity contribution is 0.283. The number of hydrogen-bond acceptors (Lipinski definition) is 4. The van der Waals surface area contributed by atoms with E-state index in [9.17, 15) is 0 Å². The highest BCUT2D eigenvalue weighted by atomic mass is 15.2. The standard InChI is InChI=1S/C11H18N4/c1-6(2)11-13-9-7(3)15(4)5-8(9)10(12)14-11/h6-7H,5H2,1-4H3,(H2,12,13,14). The number of nitrogens with two attached hydrogens (primary N) is 1. The molecule has 2 heterocycles. The van der Waals surface area contributed by atoms with E-state index < -0.39 is 0 Å². The molecular weight excluding hydrogens is 188 g/mol. The van der Waals surface area contributed by atoms with Crippen molar-refractivity contribution >= 4 is 5.82 Å². The second-order valence-electron chi connectivity index (χ2n) is 4.58. The Morgan fingerprint density at radius 2 is 2.07 bits per heavy atom. The first-order chi connectivity index (χ1) is 7.00. The molecule has 0 saturated heterocycles. The lowest BCUT2D eigenvalue weighted by atomic mass is 10.1. The van der Waals surface area contributed by atoms with Gasteiger partial charge in [-0.3, -0.25) is 4.90 Å². The summed E-state index contributed by atoms with van der Waals surface area (Å²) in [6, 6.07) is 0.350. The molecule has 2 N–H and O–H groups in total. The molecule has 0 aromatic carbocycles. The number of rotatable bonds is 1. The van der Waals surface area contributed by atoms with Gasteiger partial charge in [0.05, 0.1) is 5.69 Å². The molecule has 15 heavy (non-hydrogen) atoms. The Balaban J connectivity index is 2.52. The van der Waals surface area contributed by atoms with Gasteiger partial charge in [0.25, 0.3) is 0 Å². The van der Waals surface area contributed by atoms with E-state index in [0.717, 1.165) is 23.6 Å². The van der Waals surface area contributed by atoms with Gasteiger partial charge in [0.15, 0.2) is 0 Å². The molecule has 82 valence electrons. The van der Waals surface area contributed by atoms with Crippen molar-refractivity contribution in [2.75, 3.05) is 12.8 Å². The Kier molecular flexibility index (Phi) is 2.38. The lowest BCUT2D eigenvalue weighted by Gasteiger charge is -2.14. The third kappa shape index (κ3) is 1.59. The monoisotopic (exact) mass is 206 g/mol. The maximum Gasteiger partial charge on any atom is 0.133 e. The molecule has 1 unspecified atom stereocenters. The van der Waals surface area contributed by atoms with Gasteiger partial charge in [0, 0.05) is 24.1 Å². The van der Waals surface area contributed by atoms with Gasteiger partial charge in [-0.15, -0.1) is 0 Å². The summed E-state index contributed by atoms with van der Waals surface area (Å²) < 4.78 is 0. The fraction of sp³-hybridized carbons (Fsp3) is 0.636. The van der Waals surface area contributed by atoms with E-state index in [1.165, 1.54) is 0 Å². The van der Waals surface area contributed by atoms with Gasteiger partial charge in [-0.1, -0.05) is 13.8 Å². The number of hydrogen-bond donors (Lipinski definition) is 1. The van der Waals surface area contributed by atoms with Crippen molar-refractivity contribution in [1.29, 1.82) is 0 Å². The minimum Gasteiger partial charge on any atom is -0.383 e. The quantitative estimate of drug-likeness (QED) is 0.759. The molecule has 1 aromatic heterocycles. The molecule has 0 spiro atoms. The molecule has 0 radical (unpaired) electrons. The maximum absolute atomic E-state index is 5.96. The number of nitrogens with zero attached hydrogens (tertiary/aromatic N) is 3. The van der Waals surface area contributed by atoms with Crippen LogP contribution >= 0.6 is 0 Å². The van der Waals surface area contributed by atoms with Crippen molar-refractivity contribution in [2.45, 2.75) is 39.3 Å². The molecule has 0 saturated carbocycles. The van der Waals surface area contributed by atoms with Crippen LogP contribution in [-0.4, -0.2) is 21.9 Å². The summed E-state index contributed by atoms with van der Waals surface area (Å²) in [5, 5.41) is 0. The van der Waals surface area contributed by atoms with E-state index in [-0.39, 0.29) is 0 Å². The smallest absolute Gasteiger partial charge is 0.133 e. The van der Waals surface area contributed by atoms with Crippen molar-refractivity contribution in [2.24, 2.45) is 0 Å². The molecule has 1 aromatic rings. The largest absolute Gasteiger partial charge is 0.383 e. The maximum atomic E-state index is 5.96. The van der Waals surface area contributed by atoms with E-state index in [4.69, 9.17) is 5.73 Å². The number of fused-ring (bicyclic) bond motifs is 1. The molecule has 0 amide bonds. The van der Waals surface area contributed by atoms with E-state index >= 15 is 0 Å². The van der Waals surface area contributed by atoms with E-state index in [2.05, 4.69) is 42.7 Å². The first-order valence-electron chi connectivity index (χ1n) is 5.37. The lowest BCUT2D eigenvalue weighted by Crippen LogP contribution is -2.13. The molecule has 2 rings (SSSR count). The first kappa shape index (κ1) is 10.4. The van der Waals surface area contributed by atoms with Gasteiger partial charge >= 0.3 is 0 Å². The van der Waals surface area contributed by atoms with Gasteiger partial charge in [-0.05, 0) is 14.0 Å². The van der Waals surface area contributed by atoms with Crippen LogP contribution in [-0.2, 0) is 6.54 Å². The highest BCUT2D eigenvalue weighted by Crippen LogP contribution is 2.33. The SMILES string of the molecule is CC(C)c1nc(N)c2c(n1)C(C)N(C)C2. The summed E-state index contributed by atoms with van der Waals surface area (Å²) in [4.78, 5) is 11.2. The normalized spacial score (nSPS) is 21.0. The van der Waals surface area contributed by atoms with Gasteiger partial charge in [-0.2, -0.15) is 0 Å². The second kappa shape index (κ2) is 3.45. The van der Waals surface area contributed by atoms with Crippen LogP contribution in [0, 0.1) is 0 Å². The van der Waals surface area contributed by atoms with E-state index in [1.807, 2.05) is 0 Å². The molecule has 1 aliphatic heterocycles. The fourth-order valence-corrected chi connectivity index (χ4v) is 1.90. The molecule has 1 aliphatic rings. The summed E-state index contributed by atoms with van der Waals surface area (Å²) in [6.45, 7) is 7.19. The van der Waals surface area contributed by atoms with Gasteiger partial charge in [0.2, 0.25) is 0 Å². The minimum absolute atomic E-state index is 0.329. The van der Waals surface area contributed by atoms with Crippen LogP contribution in [0.25, 0.3) is 0 Å². The second-order valence-corrected chi connectivity index (χ2v) is 4.58. The van der Waals surface area contributed by atoms with Crippen LogP contribution in [0.3, 0.4) is 0 Å². The molecule has 1 atom stereocenters. The third-order valence-corrected chi connectivity index (χ3v) is 3.07. The molecule has 4 heteroatoms. The Morgan fingerprint density at radius 3 is 2.67 bits per heavy atom. The predicted molar refractivity (Wildman–Crippen MR) is 60.4 cm³/mol. The summed E-state index contributed by atoms with van der Waals surface area (Å²) in [5.74, 6) is 1.84. The third-order valence-electron chi connectivity index (χ3n) is 3.07. The van der Waals surface area contributed by atoms with Crippen LogP contribution < -0.4 is 5.73 Å². The van der Waals surface area contributed by atoms with Crippen molar-refractivity contribution in [1.82, 2.24) is 14.9 Å². The Labute approximate surface area is 90.5 Å². The first-order valence-corrected chi connectivity index (χ1v) is 5.37. The summed E-state index contributed by atoms with van der Waals surface area (Å²) in [6.07, 6.45) is 0. The zero-order valence-electron chi connectivity index (χ0n) is 9.78. The molecule has 0 aliphatic carbocycles. The molecule has 0 bridgehead atoms. The Hall–Kier alpha value is -1.16. The zero-order valence-corrected chi connectivity index (χ0v) is 9.78. The van der Waals surface area contributed by atoms with Crippen LogP contribution in [0.5, 0.6) is 0 Å². The Bertz CT molecular complexity index is 386. The van der Waals surface area contributed by atoms with Gasteiger partial charge in [-0.25, -0.2) is 9.97 Å². The average Bonchev–Trinajstić information content (AvgIpc) is 2.45. The van der Waals surface area contributed by atoms with Crippen molar-refractivity contribution in [3.63, 3.8) is 0 Å². The molecular formula is C11H18N4. The van der Waals surface area contributed by atoms with Crippen molar-refractivity contribution in [3.8, 4) is 0 Å². The van der Waals surface area contributed by atoms with Crippen molar-refractivity contribution in [3.05, 3.63) is 17.1 Å². The van der Waals surface area contributed by atoms with Crippen LogP contribution in [0.2, 0.25) is 0 Å². The average molecular weight is 206 g/mol. The predicted octanol–water partition coefficient (Wildman–Crippen LogP) is 1.69. The van der Waals surface area contributed by atoms with Gasteiger partial charge < -0.3 is 5.73 Å². The summed E-state index contributed by atoms with van der Waals surface area (Å²) in [7, 11) is 2.08. The summed E-state index contributed by atoms with van der Waals surface area (Å²) in [5.41, 5.74) is 8.17. The van der Waals surface area contributed by atoms with Gasteiger partial charge in [0.1, 0.15) is 11.6 Å². The number of aromatic nitrogens is 2. The topological polar surface area (TPSA) is 55.0 Å². The Morgan fingerprint density at radius 1 is 1.40 bits per heavy atom. The number of nitrogen functional groups attached to an aromatic ring is 1. The molecule has 4 nitrogen and oxygen atoms in total.